The minimum Gasteiger partial charge on any atom is -0.297 e. The van der Waals surface area contributed by atoms with Crippen molar-refractivity contribution in [1.82, 2.24) is 4.90 Å². The normalized spacial score (nSPS) is 31.1. The fraction of sp³-hybridized carbons (Fsp3) is 1.00. The van der Waals surface area contributed by atoms with E-state index >= 15 is 0 Å². The maximum absolute atomic E-state index is 12.4. The van der Waals surface area contributed by atoms with Crippen molar-refractivity contribution in [2.75, 3.05) is 19.6 Å². The van der Waals surface area contributed by atoms with Crippen LogP contribution in [0, 0.1) is 5.41 Å². The Morgan fingerprint density at radius 3 is 2.45 bits per heavy atom. The van der Waals surface area contributed by atoms with Crippen molar-refractivity contribution >= 4 is 0 Å². The van der Waals surface area contributed by atoms with Crippen LogP contribution in [0.5, 0.6) is 0 Å². The van der Waals surface area contributed by atoms with E-state index in [0.717, 1.165) is 6.54 Å². The van der Waals surface area contributed by atoms with Crippen LogP contribution < -0.4 is 0 Å². The molecule has 11 heavy (non-hydrogen) atoms. The minimum absolute atomic E-state index is 0.529. The number of hydrogen-bond acceptors (Lipinski definition) is 1. The van der Waals surface area contributed by atoms with Crippen LogP contribution in [0.25, 0.3) is 0 Å². The third kappa shape index (κ3) is 1.41. The van der Waals surface area contributed by atoms with Gasteiger partial charge < -0.3 is 0 Å². The van der Waals surface area contributed by atoms with E-state index in [0.29, 0.717) is 18.5 Å². The molecule has 2 heteroatoms. The Bertz CT molecular complexity index is 148. The number of likely N-dealkylation sites (tertiary alicyclic amines) is 1. The summed E-state index contributed by atoms with van der Waals surface area (Å²) in [6.45, 7) is 4.83. The van der Waals surface area contributed by atoms with Crippen LogP contribution in [0.2, 0.25) is 0 Å². The molecule has 1 aliphatic carbocycles. The van der Waals surface area contributed by atoms with Crippen LogP contribution in [0.15, 0.2) is 0 Å². The van der Waals surface area contributed by atoms with Crippen molar-refractivity contribution in [3.05, 3.63) is 0 Å². The Hall–Kier alpha value is -0.110. The lowest BCUT2D eigenvalue weighted by Gasteiger charge is -2.46. The zero-order valence-corrected chi connectivity index (χ0v) is 7.15. The van der Waals surface area contributed by atoms with Gasteiger partial charge in [0.05, 0.1) is 0 Å². The Morgan fingerprint density at radius 1 is 1.45 bits per heavy atom. The molecule has 2 fully saturated rings. The maximum Gasteiger partial charge on any atom is 0.125 e. The molecule has 0 atom stereocenters. The molecule has 0 bridgehead atoms. The van der Waals surface area contributed by atoms with Gasteiger partial charge in [-0.25, -0.2) is 4.39 Å². The van der Waals surface area contributed by atoms with Crippen molar-refractivity contribution in [3.8, 4) is 0 Å². The minimum atomic E-state index is -0.529. The fourth-order valence-corrected chi connectivity index (χ4v) is 2.11. The van der Waals surface area contributed by atoms with Crippen LogP contribution in [-0.2, 0) is 0 Å². The second-order valence-corrected chi connectivity index (χ2v) is 4.46. The zero-order valence-electron chi connectivity index (χ0n) is 7.15. The van der Waals surface area contributed by atoms with Gasteiger partial charge in [0.2, 0.25) is 0 Å². The monoisotopic (exact) mass is 157 g/mol. The van der Waals surface area contributed by atoms with Crippen molar-refractivity contribution < 1.29 is 4.39 Å². The Labute approximate surface area is 67.6 Å². The Balaban J connectivity index is 1.73. The average Bonchev–Trinajstić information content (AvgIpc) is 1.81. The van der Waals surface area contributed by atoms with Crippen LogP contribution in [0.3, 0.4) is 0 Å². The Morgan fingerprint density at radius 2 is 2.09 bits per heavy atom. The van der Waals surface area contributed by atoms with E-state index in [4.69, 9.17) is 0 Å². The van der Waals surface area contributed by atoms with Crippen LogP contribution in [-0.4, -0.2) is 30.7 Å². The van der Waals surface area contributed by atoms with Crippen molar-refractivity contribution in [1.29, 1.82) is 0 Å². The molecule has 0 amide bonds. The molecule has 2 aliphatic rings. The molecule has 0 aromatic rings. The molecule has 1 nitrogen and oxygen atoms in total. The predicted octanol–water partition coefficient (Wildman–Crippen LogP) is 1.83. The molecule has 0 unspecified atom stereocenters. The molecule has 1 saturated carbocycles. The third-order valence-corrected chi connectivity index (χ3v) is 3.08. The highest BCUT2D eigenvalue weighted by Crippen LogP contribution is 2.41. The molecular formula is C9H16FN. The van der Waals surface area contributed by atoms with Gasteiger partial charge in [0, 0.05) is 19.6 Å². The topological polar surface area (TPSA) is 3.24 Å². The first-order chi connectivity index (χ1) is 5.18. The standard InChI is InChI=1S/C9H16FN/c1-9(3-2-4-9)7-11-5-8(10)6-11/h8H,2-7H2,1H3. The summed E-state index contributed by atoms with van der Waals surface area (Å²) >= 11 is 0. The van der Waals surface area contributed by atoms with E-state index in [-0.39, 0.29) is 0 Å². The molecule has 64 valence electrons. The number of rotatable bonds is 2. The summed E-state index contributed by atoms with van der Waals surface area (Å²) < 4.78 is 12.4. The molecule has 1 heterocycles. The molecule has 0 aromatic heterocycles. The maximum atomic E-state index is 12.4. The number of nitrogens with zero attached hydrogens (tertiary/aromatic N) is 1. The van der Waals surface area contributed by atoms with Gasteiger partial charge in [-0.3, -0.25) is 4.90 Å². The number of alkyl halides is 1. The van der Waals surface area contributed by atoms with Gasteiger partial charge in [-0.2, -0.15) is 0 Å². The summed E-state index contributed by atoms with van der Waals surface area (Å²) in [5, 5.41) is 0. The van der Waals surface area contributed by atoms with Crippen LogP contribution >= 0.6 is 0 Å². The second kappa shape index (κ2) is 2.44. The lowest BCUT2D eigenvalue weighted by Crippen LogP contribution is -2.53. The zero-order chi connectivity index (χ0) is 7.90. The fourth-order valence-electron chi connectivity index (χ4n) is 2.11. The Kier molecular flexibility index (Phi) is 1.67. The second-order valence-electron chi connectivity index (χ2n) is 4.46. The first-order valence-electron chi connectivity index (χ1n) is 4.54. The first kappa shape index (κ1) is 7.53. The molecule has 0 N–H and O–H groups in total. The van der Waals surface area contributed by atoms with E-state index in [1.54, 1.807) is 0 Å². The largest absolute Gasteiger partial charge is 0.297 e. The van der Waals surface area contributed by atoms with E-state index in [1.165, 1.54) is 19.3 Å². The van der Waals surface area contributed by atoms with Gasteiger partial charge in [-0.1, -0.05) is 13.3 Å². The first-order valence-corrected chi connectivity index (χ1v) is 4.54. The van der Waals surface area contributed by atoms with E-state index in [1.807, 2.05) is 0 Å². The SMILES string of the molecule is CC1(CN2CC(F)C2)CCC1. The van der Waals surface area contributed by atoms with Crippen molar-refractivity contribution in [3.63, 3.8) is 0 Å². The number of halogens is 1. The highest BCUT2D eigenvalue weighted by atomic mass is 19.1. The van der Waals surface area contributed by atoms with Gasteiger partial charge >= 0.3 is 0 Å². The summed E-state index contributed by atoms with van der Waals surface area (Å²) in [7, 11) is 0. The lowest BCUT2D eigenvalue weighted by molar-refractivity contribution is 0.00262. The van der Waals surface area contributed by atoms with Crippen LogP contribution in [0.4, 0.5) is 4.39 Å². The molecule has 0 aromatic carbocycles. The molecule has 2 rings (SSSR count). The van der Waals surface area contributed by atoms with Gasteiger partial charge in [0.15, 0.2) is 0 Å². The summed E-state index contributed by atoms with van der Waals surface area (Å²) in [5.74, 6) is 0. The van der Waals surface area contributed by atoms with Crippen molar-refractivity contribution in [2.45, 2.75) is 32.4 Å². The quantitative estimate of drug-likeness (QED) is 0.591. The molecule has 1 saturated heterocycles. The average molecular weight is 157 g/mol. The van der Waals surface area contributed by atoms with Gasteiger partial charge in [0.1, 0.15) is 6.17 Å². The summed E-state index contributed by atoms with van der Waals surface area (Å²) in [6, 6.07) is 0. The van der Waals surface area contributed by atoms with Gasteiger partial charge in [-0.05, 0) is 18.3 Å². The lowest BCUT2D eigenvalue weighted by atomic mass is 9.70. The van der Waals surface area contributed by atoms with E-state index in [2.05, 4.69) is 11.8 Å². The summed E-state index contributed by atoms with van der Waals surface area (Å²) in [5.41, 5.74) is 0.542. The number of hydrogen-bond donors (Lipinski definition) is 0. The van der Waals surface area contributed by atoms with Gasteiger partial charge in [0.25, 0.3) is 0 Å². The molecule has 0 spiro atoms. The molecular weight excluding hydrogens is 141 g/mol. The predicted molar refractivity (Wildman–Crippen MR) is 43.3 cm³/mol. The molecule has 0 radical (unpaired) electrons. The molecule has 1 aliphatic heterocycles. The summed E-state index contributed by atoms with van der Waals surface area (Å²) in [6.07, 6.45) is 3.54. The van der Waals surface area contributed by atoms with Gasteiger partial charge in [-0.15, -0.1) is 0 Å². The third-order valence-electron chi connectivity index (χ3n) is 3.08. The van der Waals surface area contributed by atoms with Crippen LogP contribution in [0.1, 0.15) is 26.2 Å². The highest BCUT2D eigenvalue weighted by Gasteiger charge is 2.37. The summed E-state index contributed by atoms with van der Waals surface area (Å²) in [4.78, 5) is 2.24. The van der Waals surface area contributed by atoms with E-state index in [9.17, 15) is 4.39 Å². The smallest absolute Gasteiger partial charge is 0.125 e. The van der Waals surface area contributed by atoms with Crippen molar-refractivity contribution in [2.24, 2.45) is 5.41 Å². The van der Waals surface area contributed by atoms with E-state index < -0.39 is 6.17 Å². The highest BCUT2D eigenvalue weighted by molar-refractivity contribution is 4.90.